The van der Waals surface area contributed by atoms with Crippen LogP contribution in [0, 0.1) is 11.8 Å². The number of rotatable bonds is 6. The SMILES string of the molecule is CC1CCCC(C)C1NCCCOC1CCCCC1. The smallest absolute Gasteiger partial charge is 0.0575 e. The first-order valence-corrected chi connectivity index (χ1v) is 8.62. The fourth-order valence-corrected chi connectivity index (χ4v) is 3.91. The third kappa shape index (κ3) is 5.07. The Balaban J connectivity index is 1.53. The van der Waals surface area contributed by atoms with Crippen molar-refractivity contribution in [3.63, 3.8) is 0 Å². The second kappa shape index (κ2) is 8.26. The Morgan fingerprint density at radius 1 is 0.895 bits per heavy atom. The van der Waals surface area contributed by atoms with E-state index in [2.05, 4.69) is 19.2 Å². The Kier molecular flexibility index (Phi) is 6.66. The molecular formula is C17H33NO. The summed E-state index contributed by atoms with van der Waals surface area (Å²) >= 11 is 0. The minimum atomic E-state index is 0.571. The van der Waals surface area contributed by atoms with Crippen LogP contribution in [0.25, 0.3) is 0 Å². The zero-order chi connectivity index (χ0) is 13.5. The minimum absolute atomic E-state index is 0.571. The summed E-state index contributed by atoms with van der Waals surface area (Å²) in [6.07, 6.45) is 12.7. The van der Waals surface area contributed by atoms with Crippen LogP contribution < -0.4 is 5.32 Å². The lowest BCUT2D eigenvalue weighted by Gasteiger charge is -2.35. The van der Waals surface area contributed by atoms with Gasteiger partial charge in [0, 0.05) is 12.6 Å². The summed E-state index contributed by atoms with van der Waals surface area (Å²) in [6, 6.07) is 0.739. The van der Waals surface area contributed by atoms with Crippen LogP contribution in [-0.4, -0.2) is 25.3 Å². The van der Waals surface area contributed by atoms with Gasteiger partial charge in [0.05, 0.1) is 6.10 Å². The van der Waals surface area contributed by atoms with Crippen molar-refractivity contribution in [1.82, 2.24) is 5.32 Å². The van der Waals surface area contributed by atoms with E-state index < -0.39 is 0 Å². The molecule has 2 heteroatoms. The van der Waals surface area contributed by atoms with Gasteiger partial charge in [-0.25, -0.2) is 0 Å². The van der Waals surface area contributed by atoms with Gasteiger partial charge in [-0.15, -0.1) is 0 Å². The van der Waals surface area contributed by atoms with Gasteiger partial charge >= 0.3 is 0 Å². The molecule has 2 nitrogen and oxygen atoms in total. The third-order valence-electron chi connectivity index (χ3n) is 5.15. The zero-order valence-corrected chi connectivity index (χ0v) is 13.0. The number of ether oxygens (including phenoxy) is 1. The lowest BCUT2D eigenvalue weighted by molar-refractivity contribution is 0.0264. The van der Waals surface area contributed by atoms with Crippen LogP contribution in [0.4, 0.5) is 0 Å². The van der Waals surface area contributed by atoms with Crippen molar-refractivity contribution in [2.75, 3.05) is 13.2 Å². The van der Waals surface area contributed by atoms with Gasteiger partial charge < -0.3 is 10.1 Å². The Morgan fingerprint density at radius 3 is 2.26 bits per heavy atom. The maximum absolute atomic E-state index is 5.99. The van der Waals surface area contributed by atoms with Crippen LogP contribution in [0.3, 0.4) is 0 Å². The lowest BCUT2D eigenvalue weighted by atomic mass is 9.79. The van der Waals surface area contributed by atoms with E-state index in [0.29, 0.717) is 6.10 Å². The molecule has 0 amide bonds. The Bertz CT molecular complexity index is 227. The molecule has 0 aromatic rings. The summed E-state index contributed by atoms with van der Waals surface area (Å²) in [6.45, 7) is 6.90. The summed E-state index contributed by atoms with van der Waals surface area (Å²) in [5.74, 6) is 1.70. The normalized spacial score (nSPS) is 33.5. The monoisotopic (exact) mass is 267 g/mol. The first-order chi connectivity index (χ1) is 9.27. The van der Waals surface area contributed by atoms with Crippen molar-refractivity contribution < 1.29 is 4.74 Å². The quantitative estimate of drug-likeness (QED) is 0.730. The fraction of sp³-hybridized carbons (Fsp3) is 1.00. The van der Waals surface area contributed by atoms with Crippen molar-refractivity contribution in [3.05, 3.63) is 0 Å². The lowest BCUT2D eigenvalue weighted by Crippen LogP contribution is -2.43. The van der Waals surface area contributed by atoms with E-state index in [-0.39, 0.29) is 0 Å². The van der Waals surface area contributed by atoms with Crippen LogP contribution in [-0.2, 0) is 4.74 Å². The van der Waals surface area contributed by atoms with Gasteiger partial charge in [-0.1, -0.05) is 39.5 Å². The van der Waals surface area contributed by atoms with Crippen LogP contribution >= 0.6 is 0 Å². The summed E-state index contributed by atoms with van der Waals surface area (Å²) in [7, 11) is 0. The van der Waals surface area contributed by atoms with E-state index >= 15 is 0 Å². The van der Waals surface area contributed by atoms with E-state index in [1.165, 1.54) is 57.8 Å². The molecule has 0 spiro atoms. The zero-order valence-electron chi connectivity index (χ0n) is 13.0. The molecule has 0 aliphatic heterocycles. The predicted molar refractivity (Wildman–Crippen MR) is 81.4 cm³/mol. The van der Waals surface area contributed by atoms with E-state index in [9.17, 15) is 0 Å². The fourth-order valence-electron chi connectivity index (χ4n) is 3.91. The highest BCUT2D eigenvalue weighted by molar-refractivity contribution is 4.83. The van der Waals surface area contributed by atoms with Crippen LogP contribution in [0.2, 0.25) is 0 Å². The summed E-state index contributed by atoms with van der Waals surface area (Å²) in [5.41, 5.74) is 0. The molecule has 2 rings (SSSR count). The van der Waals surface area contributed by atoms with Crippen molar-refractivity contribution in [2.45, 2.75) is 83.8 Å². The minimum Gasteiger partial charge on any atom is -0.378 e. The van der Waals surface area contributed by atoms with Gasteiger partial charge in [-0.3, -0.25) is 0 Å². The van der Waals surface area contributed by atoms with Gasteiger partial charge in [0.2, 0.25) is 0 Å². The van der Waals surface area contributed by atoms with E-state index in [4.69, 9.17) is 4.74 Å². The first kappa shape index (κ1) is 15.3. The molecule has 2 fully saturated rings. The summed E-state index contributed by atoms with van der Waals surface area (Å²) < 4.78 is 5.99. The molecule has 0 saturated heterocycles. The Hall–Kier alpha value is -0.0800. The summed E-state index contributed by atoms with van der Waals surface area (Å²) in [4.78, 5) is 0. The molecule has 2 atom stereocenters. The molecule has 0 bridgehead atoms. The van der Waals surface area contributed by atoms with Gasteiger partial charge in [0.15, 0.2) is 0 Å². The molecule has 0 aromatic heterocycles. The van der Waals surface area contributed by atoms with E-state index in [0.717, 1.165) is 31.0 Å². The third-order valence-corrected chi connectivity index (χ3v) is 5.15. The second-order valence-corrected chi connectivity index (χ2v) is 6.85. The van der Waals surface area contributed by atoms with Gasteiger partial charge in [-0.05, 0) is 50.5 Å². The molecule has 2 saturated carbocycles. The molecule has 2 unspecified atom stereocenters. The van der Waals surface area contributed by atoms with E-state index in [1.807, 2.05) is 0 Å². The maximum atomic E-state index is 5.99. The number of hydrogen-bond donors (Lipinski definition) is 1. The van der Waals surface area contributed by atoms with Crippen molar-refractivity contribution in [1.29, 1.82) is 0 Å². The Labute approximate surface area is 119 Å². The molecule has 112 valence electrons. The van der Waals surface area contributed by atoms with Crippen molar-refractivity contribution >= 4 is 0 Å². The highest BCUT2D eigenvalue weighted by Crippen LogP contribution is 2.28. The number of nitrogens with one attached hydrogen (secondary N) is 1. The topological polar surface area (TPSA) is 21.3 Å². The molecule has 1 N–H and O–H groups in total. The average Bonchev–Trinajstić information content (AvgIpc) is 2.42. The molecule has 0 radical (unpaired) electrons. The van der Waals surface area contributed by atoms with Crippen LogP contribution in [0.1, 0.15) is 71.6 Å². The largest absolute Gasteiger partial charge is 0.378 e. The highest BCUT2D eigenvalue weighted by atomic mass is 16.5. The molecule has 0 aromatic carbocycles. The summed E-state index contributed by atoms with van der Waals surface area (Å²) in [5, 5.41) is 3.78. The van der Waals surface area contributed by atoms with Crippen molar-refractivity contribution in [3.8, 4) is 0 Å². The maximum Gasteiger partial charge on any atom is 0.0575 e. The van der Waals surface area contributed by atoms with Gasteiger partial charge in [0.25, 0.3) is 0 Å². The van der Waals surface area contributed by atoms with Gasteiger partial charge in [-0.2, -0.15) is 0 Å². The average molecular weight is 267 g/mol. The van der Waals surface area contributed by atoms with E-state index in [1.54, 1.807) is 0 Å². The predicted octanol–water partition coefficient (Wildman–Crippen LogP) is 4.14. The molecule has 0 heterocycles. The standard InChI is InChI=1S/C17H33NO/c1-14-8-6-9-15(2)17(14)18-12-7-13-19-16-10-4-3-5-11-16/h14-18H,3-13H2,1-2H3. The van der Waals surface area contributed by atoms with Crippen molar-refractivity contribution in [2.24, 2.45) is 11.8 Å². The van der Waals surface area contributed by atoms with Gasteiger partial charge in [0.1, 0.15) is 0 Å². The first-order valence-electron chi connectivity index (χ1n) is 8.62. The molecule has 2 aliphatic rings. The molecule has 19 heavy (non-hydrogen) atoms. The Morgan fingerprint density at radius 2 is 1.58 bits per heavy atom. The molecular weight excluding hydrogens is 234 g/mol. The highest BCUT2D eigenvalue weighted by Gasteiger charge is 2.26. The van der Waals surface area contributed by atoms with Crippen LogP contribution in [0.15, 0.2) is 0 Å². The second-order valence-electron chi connectivity index (χ2n) is 6.85. The number of hydrogen-bond acceptors (Lipinski definition) is 2. The molecule has 2 aliphatic carbocycles. The van der Waals surface area contributed by atoms with Crippen LogP contribution in [0.5, 0.6) is 0 Å².